The highest BCUT2D eigenvalue weighted by Gasteiger charge is 2.52. The van der Waals surface area contributed by atoms with E-state index in [0.29, 0.717) is 31.8 Å². The first kappa shape index (κ1) is 39.1. The number of thiazole rings is 1. The summed E-state index contributed by atoms with van der Waals surface area (Å²) in [6.07, 6.45) is -0.635. The molecule has 2 saturated heterocycles. The van der Waals surface area contributed by atoms with Crippen LogP contribution in [0.5, 0.6) is 0 Å². The number of nitrogens with two attached hydrogens (primary N) is 1. The Labute approximate surface area is 342 Å². The van der Waals surface area contributed by atoms with Crippen molar-refractivity contribution in [2.75, 3.05) is 25.4 Å². The summed E-state index contributed by atoms with van der Waals surface area (Å²) >= 11 is 13.6. The number of nitrogens with zero attached hydrogens (tertiary/aromatic N) is 6. The molecule has 2 aliphatic rings. The number of nitrogens with one attached hydrogen (secondary N) is 1. The number of carbonyl (C=O) groups is 4. The first-order chi connectivity index (χ1) is 27.6. The number of aromatic nitrogens is 1. The highest BCUT2D eigenvalue weighted by atomic mass is 35.5. The minimum Gasteiger partial charge on any atom is -0.451 e. The van der Waals surface area contributed by atoms with Gasteiger partial charge in [-0.3, -0.25) is 9.59 Å². The predicted molar refractivity (Wildman–Crippen MR) is 215 cm³/mol. The number of nitrogen functional groups attached to an aromatic ring is 1. The molecule has 4 amide bonds. The van der Waals surface area contributed by atoms with Crippen molar-refractivity contribution >= 4 is 73.7 Å². The molecule has 16 heteroatoms. The van der Waals surface area contributed by atoms with Crippen LogP contribution in [0.4, 0.5) is 9.93 Å². The third kappa shape index (κ3) is 8.96. The molecular weight excluding hydrogens is 787 g/mol. The molecule has 3 N–H and O–H groups in total. The van der Waals surface area contributed by atoms with E-state index in [4.69, 9.17) is 33.7 Å². The van der Waals surface area contributed by atoms with Crippen molar-refractivity contribution in [1.82, 2.24) is 30.1 Å². The van der Waals surface area contributed by atoms with Gasteiger partial charge >= 0.3 is 12.0 Å². The Kier molecular flexibility index (Phi) is 11.9. The number of nitriles is 1. The number of amides is 4. The second-order valence-electron chi connectivity index (χ2n) is 13.3. The van der Waals surface area contributed by atoms with Gasteiger partial charge in [-0.05, 0) is 52.6 Å². The number of esters is 1. The van der Waals surface area contributed by atoms with Gasteiger partial charge in [0.05, 0.1) is 39.4 Å². The number of hydrogen-bond acceptors (Lipinski definition) is 10. The van der Waals surface area contributed by atoms with Crippen LogP contribution >= 0.6 is 34.5 Å². The van der Waals surface area contributed by atoms with Crippen LogP contribution in [-0.2, 0) is 45.2 Å². The van der Waals surface area contributed by atoms with E-state index in [9.17, 15) is 24.4 Å². The monoisotopic (exact) mass is 820 g/mol. The summed E-state index contributed by atoms with van der Waals surface area (Å²) in [6.45, 7) is -0.192. The zero-order chi connectivity index (χ0) is 40.1. The van der Waals surface area contributed by atoms with Crippen LogP contribution in [0.15, 0.2) is 91.0 Å². The Morgan fingerprint density at radius 1 is 0.982 bits per heavy atom. The number of piperazine rings is 1. The van der Waals surface area contributed by atoms with Crippen molar-refractivity contribution in [3.05, 3.63) is 129 Å². The van der Waals surface area contributed by atoms with Crippen LogP contribution in [-0.4, -0.2) is 80.5 Å². The van der Waals surface area contributed by atoms with Crippen molar-refractivity contribution < 1.29 is 23.9 Å². The third-order valence-corrected chi connectivity index (χ3v) is 11.1. The smallest absolute Gasteiger partial charge is 0.385 e. The fourth-order valence-corrected chi connectivity index (χ4v) is 7.94. The molecule has 0 bridgehead atoms. The second kappa shape index (κ2) is 17.3. The Morgan fingerprint density at radius 2 is 1.75 bits per heavy atom. The van der Waals surface area contributed by atoms with Crippen molar-refractivity contribution in [3.8, 4) is 17.9 Å². The standard InChI is InChI=1S/C41H34Cl2N8O5S/c42-31-15-13-29(19-32(31)43)21-46-41(55)49(18-17-44)50-24-36(52)51-33(39(54)48(23-35(50)51)22-30-7-4-8-34-38(30)47-40(45)57-34)20-27-11-9-26(10-12-27)14-16-37(53)56-25-28-5-2-1-3-6-28/h1-13,15,19,33,35H,18,20-25H2,(H2,45,47)(H,46,55)/t33-,35+/m0/s1. The van der Waals surface area contributed by atoms with Crippen LogP contribution in [0.25, 0.3) is 10.2 Å². The van der Waals surface area contributed by atoms with Gasteiger partial charge in [0.25, 0.3) is 0 Å². The molecule has 2 atom stereocenters. The molecule has 13 nitrogen and oxygen atoms in total. The number of ether oxygens (including phenoxy) is 1. The Hall–Kier alpha value is -6.16. The average Bonchev–Trinajstić information content (AvgIpc) is 3.76. The van der Waals surface area contributed by atoms with Crippen LogP contribution in [0.1, 0.15) is 27.8 Å². The van der Waals surface area contributed by atoms with Gasteiger partial charge in [0.2, 0.25) is 11.8 Å². The zero-order valence-corrected chi connectivity index (χ0v) is 32.6. The molecule has 0 unspecified atom stereocenters. The zero-order valence-electron chi connectivity index (χ0n) is 30.2. The normalized spacial score (nSPS) is 16.4. The molecule has 0 saturated carbocycles. The number of urea groups is 1. The van der Waals surface area contributed by atoms with Crippen LogP contribution < -0.4 is 11.1 Å². The number of hydrazine groups is 1. The minimum atomic E-state index is -0.950. The quantitative estimate of drug-likeness (QED) is 0.107. The number of para-hydroxylation sites is 1. The summed E-state index contributed by atoms with van der Waals surface area (Å²) in [5.41, 5.74) is 10.3. The Balaban J connectivity index is 1.13. The van der Waals surface area contributed by atoms with E-state index < -0.39 is 24.2 Å². The summed E-state index contributed by atoms with van der Waals surface area (Å²) in [5, 5.41) is 16.5. The maximum atomic E-state index is 14.5. The van der Waals surface area contributed by atoms with Crippen molar-refractivity contribution in [1.29, 1.82) is 5.26 Å². The van der Waals surface area contributed by atoms with Gasteiger partial charge in [-0.2, -0.15) is 10.3 Å². The molecule has 7 rings (SSSR count). The Bertz CT molecular complexity index is 2450. The Morgan fingerprint density at radius 3 is 2.51 bits per heavy atom. The molecule has 3 heterocycles. The lowest BCUT2D eigenvalue weighted by atomic mass is 9.99. The van der Waals surface area contributed by atoms with Gasteiger partial charge in [-0.1, -0.05) is 101 Å². The fraction of sp³-hybridized carbons (Fsp3) is 0.220. The molecule has 0 radical (unpaired) electrons. The van der Waals surface area contributed by atoms with E-state index in [-0.39, 0.29) is 57.6 Å². The van der Waals surface area contributed by atoms with E-state index in [2.05, 4.69) is 22.1 Å². The van der Waals surface area contributed by atoms with E-state index in [1.54, 1.807) is 52.4 Å². The van der Waals surface area contributed by atoms with Gasteiger partial charge in [0, 0.05) is 31.0 Å². The average molecular weight is 822 g/mol. The number of hydrogen-bond donors (Lipinski definition) is 2. The lowest BCUT2D eigenvalue weighted by molar-refractivity contribution is -0.157. The number of halogens is 2. The van der Waals surface area contributed by atoms with Gasteiger partial charge in [-0.15, -0.1) is 0 Å². The molecular formula is C41H34Cl2N8O5S. The van der Waals surface area contributed by atoms with Crippen molar-refractivity contribution in [2.24, 2.45) is 0 Å². The third-order valence-electron chi connectivity index (χ3n) is 9.54. The maximum Gasteiger partial charge on any atom is 0.385 e. The number of anilines is 1. The molecule has 0 aliphatic carbocycles. The lowest BCUT2D eigenvalue weighted by Crippen LogP contribution is -2.66. The number of carbonyl (C=O) groups excluding carboxylic acids is 4. The number of benzene rings is 4. The molecule has 1 aromatic heterocycles. The van der Waals surface area contributed by atoms with Gasteiger partial charge in [0.1, 0.15) is 25.4 Å². The maximum absolute atomic E-state index is 14.5. The topological polar surface area (TPSA) is 165 Å². The molecule has 2 fully saturated rings. The molecule has 57 heavy (non-hydrogen) atoms. The number of fused-ring (bicyclic) bond motifs is 2. The van der Waals surface area contributed by atoms with Crippen LogP contribution in [0.3, 0.4) is 0 Å². The largest absolute Gasteiger partial charge is 0.451 e. The summed E-state index contributed by atoms with van der Waals surface area (Å²) in [6, 6.07) is 27.4. The molecule has 288 valence electrons. The van der Waals surface area contributed by atoms with Gasteiger partial charge in [-0.25, -0.2) is 19.6 Å². The van der Waals surface area contributed by atoms with E-state index in [1.807, 2.05) is 54.6 Å². The first-order valence-electron chi connectivity index (χ1n) is 17.8. The van der Waals surface area contributed by atoms with Crippen LogP contribution in [0, 0.1) is 23.2 Å². The first-order valence-corrected chi connectivity index (χ1v) is 19.3. The minimum absolute atomic E-state index is 0.0496. The van der Waals surface area contributed by atoms with E-state index >= 15 is 0 Å². The van der Waals surface area contributed by atoms with E-state index in [1.165, 1.54) is 21.2 Å². The van der Waals surface area contributed by atoms with E-state index in [0.717, 1.165) is 21.4 Å². The summed E-state index contributed by atoms with van der Waals surface area (Å²) in [7, 11) is 0. The van der Waals surface area contributed by atoms with Crippen LogP contribution in [0.2, 0.25) is 10.0 Å². The second-order valence-corrected chi connectivity index (χ2v) is 15.1. The van der Waals surface area contributed by atoms with Gasteiger partial charge < -0.3 is 25.6 Å². The number of rotatable bonds is 10. The summed E-state index contributed by atoms with van der Waals surface area (Å²) in [5.74, 6) is 3.99. The fourth-order valence-electron chi connectivity index (χ4n) is 6.84. The van der Waals surface area contributed by atoms with Crippen molar-refractivity contribution in [3.63, 3.8) is 0 Å². The molecule has 5 aromatic rings. The predicted octanol–water partition coefficient (Wildman–Crippen LogP) is 5.35. The highest BCUT2D eigenvalue weighted by Crippen LogP contribution is 2.32. The SMILES string of the molecule is N#CCN(C(=O)NCc1ccc(Cl)c(Cl)c1)N1CC(=O)N2[C@@H](Cc3ccc(C#CC(=O)OCc4ccccc4)cc3)C(=O)N(Cc3cccc4sc(N)nc34)C[C@@H]21. The lowest BCUT2D eigenvalue weighted by Gasteiger charge is -2.46. The van der Waals surface area contributed by atoms with Crippen molar-refractivity contribution in [2.45, 2.75) is 38.3 Å². The highest BCUT2D eigenvalue weighted by molar-refractivity contribution is 7.22. The summed E-state index contributed by atoms with van der Waals surface area (Å²) < 4.78 is 6.12. The summed E-state index contributed by atoms with van der Waals surface area (Å²) in [4.78, 5) is 62.0. The molecule has 2 aliphatic heterocycles. The van der Waals surface area contributed by atoms with Gasteiger partial charge in [0.15, 0.2) is 5.13 Å². The molecule has 0 spiro atoms. The molecule has 4 aromatic carbocycles.